The van der Waals surface area contributed by atoms with Crippen LogP contribution < -0.4 is 4.72 Å². The fraction of sp³-hybridized carbons (Fsp3) is 0.0370. The van der Waals surface area contributed by atoms with Gasteiger partial charge in [-0.1, -0.05) is 48.0 Å². The molecular weight excluding hydrogens is 520 g/mol. The van der Waals surface area contributed by atoms with Crippen molar-refractivity contribution >= 4 is 39.3 Å². The second-order valence-corrected chi connectivity index (χ2v) is 9.46. The molecule has 0 spiro atoms. The molecule has 0 aliphatic heterocycles. The third kappa shape index (κ3) is 4.89. The Morgan fingerprint density at radius 3 is 2.49 bits per heavy atom. The normalized spacial score (nSPS) is 11.4. The molecule has 2 N–H and O–H groups in total. The lowest BCUT2D eigenvalue weighted by Crippen LogP contribution is -2.12. The molecule has 186 valence electrons. The van der Waals surface area contributed by atoms with Crippen LogP contribution in [0.3, 0.4) is 0 Å². The summed E-state index contributed by atoms with van der Waals surface area (Å²) in [5.74, 6) is -2.91. The molecule has 0 aliphatic rings. The maximum atomic E-state index is 15.8. The Morgan fingerprint density at radius 2 is 1.73 bits per heavy atom. The van der Waals surface area contributed by atoms with Crippen molar-refractivity contribution in [1.82, 2.24) is 14.7 Å². The summed E-state index contributed by atoms with van der Waals surface area (Å²) in [6, 6.07) is 17.5. The topological polar surface area (TPSA) is 91.9 Å². The van der Waals surface area contributed by atoms with E-state index >= 15 is 4.39 Å². The van der Waals surface area contributed by atoms with E-state index in [9.17, 15) is 17.6 Å². The van der Waals surface area contributed by atoms with Crippen LogP contribution in [0, 0.1) is 11.6 Å². The van der Waals surface area contributed by atoms with E-state index in [2.05, 4.69) is 14.7 Å². The molecule has 5 rings (SSSR count). The van der Waals surface area contributed by atoms with Gasteiger partial charge in [-0.15, -0.1) is 0 Å². The number of ketones is 1. The molecular formula is C27H18ClF2N3O3S. The summed E-state index contributed by atoms with van der Waals surface area (Å²) in [5, 5.41) is 0.978. The Morgan fingerprint density at radius 1 is 0.973 bits per heavy atom. The highest BCUT2D eigenvalue weighted by atomic mass is 35.5. The lowest BCUT2D eigenvalue weighted by atomic mass is 9.94. The molecule has 3 aromatic carbocycles. The monoisotopic (exact) mass is 537 g/mol. The van der Waals surface area contributed by atoms with Gasteiger partial charge in [-0.05, 0) is 47.0 Å². The molecule has 0 saturated carbocycles. The predicted octanol–water partition coefficient (Wildman–Crippen LogP) is 5.68. The minimum Gasteiger partial charge on any atom is -0.345 e. The van der Waals surface area contributed by atoms with Crippen molar-refractivity contribution in [3.63, 3.8) is 0 Å². The number of pyridine rings is 1. The van der Waals surface area contributed by atoms with Crippen molar-refractivity contribution in [2.45, 2.75) is 6.54 Å². The van der Waals surface area contributed by atoms with Crippen molar-refractivity contribution in [1.29, 1.82) is 0 Å². The number of benzene rings is 3. The fourth-order valence-corrected chi connectivity index (χ4v) is 4.61. The van der Waals surface area contributed by atoms with E-state index in [4.69, 9.17) is 11.6 Å². The third-order valence-electron chi connectivity index (χ3n) is 5.98. The van der Waals surface area contributed by atoms with E-state index in [0.29, 0.717) is 32.7 Å². The van der Waals surface area contributed by atoms with Crippen molar-refractivity contribution in [2.24, 2.45) is 0 Å². The lowest BCUT2D eigenvalue weighted by molar-refractivity contribution is 0.103. The average molecular weight is 538 g/mol. The summed E-state index contributed by atoms with van der Waals surface area (Å²) in [4.78, 5) is 20.7. The number of aromatic nitrogens is 2. The van der Waals surface area contributed by atoms with Gasteiger partial charge in [-0.25, -0.2) is 26.9 Å². The second-order valence-electron chi connectivity index (χ2n) is 8.19. The van der Waals surface area contributed by atoms with Gasteiger partial charge in [0.1, 0.15) is 17.3 Å². The van der Waals surface area contributed by atoms with E-state index in [0.717, 1.165) is 11.6 Å². The predicted molar refractivity (Wildman–Crippen MR) is 139 cm³/mol. The van der Waals surface area contributed by atoms with Crippen LogP contribution in [0.5, 0.6) is 0 Å². The van der Waals surface area contributed by atoms with Crippen LogP contribution in [-0.2, 0) is 17.4 Å². The molecule has 0 amide bonds. The Balaban J connectivity index is 1.59. The van der Waals surface area contributed by atoms with Crippen LogP contribution >= 0.6 is 11.6 Å². The summed E-state index contributed by atoms with van der Waals surface area (Å²) in [7, 11) is -2.87. The molecule has 0 unspecified atom stereocenters. The van der Waals surface area contributed by atoms with Gasteiger partial charge < -0.3 is 4.98 Å². The number of carbonyl (C=O) groups excluding carboxylic acids is 1. The van der Waals surface area contributed by atoms with Gasteiger partial charge in [0, 0.05) is 46.0 Å². The SMILES string of the molecule is O=C(c1c(F)ccc(-c2ccccc2CN[SH](=O)=O)c1F)c1c[nH]c2ncc(-c3ccc(Cl)cc3)cc12. The molecule has 6 nitrogen and oxygen atoms in total. The summed E-state index contributed by atoms with van der Waals surface area (Å²) in [6.07, 6.45) is 3.00. The minimum atomic E-state index is -2.87. The third-order valence-corrected chi connectivity index (χ3v) is 6.65. The molecule has 0 fully saturated rings. The smallest absolute Gasteiger partial charge is 0.201 e. The fourth-order valence-electron chi connectivity index (χ4n) is 4.18. The lowest BCUT2D eigenvalue weighted by Gasteiger charge is -2.13. The van der Waals surface area contributed by atoms with E-state index in [-0.39, 0.29) is 17.7 Å². The number of fused-ring (bicyclic) bond motifs is 1. The molecule has 37 heavy (non-hydrogen) atoms. The van der Waals surface area contributed by atoms with Crippen LogP contribution in [0.15, 0.2) is 79.1 Å². The Bertz CT molecular complexity index is 1730. The molecule has 5 aromatic rings. The number of halogens is 3. The molecule has 0 aliphatic carbocycles. The van der Waals surface area contributed by atoms with Crippen molar-refractivity contribution in [3.05, 3.63) is 112 Å². The molecule has 10 heteroatoms. The van der Waals surface area contributed by atoms with E-state index < -0.39 is 33.9 Å². The zero-order valence-electron chi connectivity index (χ0n) is 19.0. The number of H-pyrrole nitrogens is 1. The van der Waals surface area contributed by atoms with Gasteiger partial charge >= 0.3 is 0 Å². The highest BCUT2D eigenvalue weighted by Crippen LogP contribution is 2.33. The molecule has 0 atom stereocenters. The largest absolute Gasteiger partial charge is 0.345 e. The zero-order chi connectivity index (χ0) is 26.1. The summed E-state index contributed by atoms with van der Waals surface area (Å²) in [6.45, 7) is -0.0867. The number of thiol groups is 1. The Hall–Kier alpha value is -3.92. The quantitative estimate of drug-likeness (QED) is 0.184. The first-order valence-electron chi connectivity index (χ1n) is 11.1. The highest BCUT2D eigenvalue weighted by Gasteiger charge is 2.25. The number of hydrogen-bond acceptors (Lipinski definition) is 4. The Labute approximate surface area is 217 Å². The van der Waals surface area contributed by atoms with E-state index in [1.54, 1.807) is 60.8 Å². The molecule has 0 bridgehead atoms. The summed E-state index contributed by atoms with van der Waals surface area (Å²) < 4.78 is 55.0. The minimum absolute atomic E-state index is 0.0249. The van der Waals surface area contributed by atoms with E-state index in [1.165, 1.54) is 12.3 Å². The first-order valence-corrected chi connectivity index (χ1v) is 12.6. The van der Waals surface area contributed by atoms with Crippen LogP contribution in [0.25, 0.3) is 33.3 Å². The first-order chi connectivity index (χ1) is 17.8. The number of carbonyl (C=O) groups is 1. The van der Waals surface area contributed by atoms with E-state index in [1.807, 2.05) is 0 Å². The zero-order valence-corrected chi connectivity index (χ0v) is 20.6. The van der Waals surface area contributed by atoms with Gasteiger partial charge in [0.2, 0.25) is 16.7 Å². The molecule has 0 radical (unpaired) electrons. The number of aromatic amines is 1. The van der Waals surface area contributed by atoms with Crippen molar-refractivity contribution < 1.29 is 22.0 Å². The number of rotatable bonds is 7. The molecule has 2 heterocycles. The Kier molecular flexibility index (Phi) is 6.84. The average Bonchev–Trinajstić information content (AvgIpc) is 3.31. The molecule has 2 aromatic heterocycles. The molecule has 0 saturated heterocycles. The maximum absolute atomic E-state index is 15.8. The van der Waals surface area contributed by atoms with Crippen LogP contribution in [0.4, 0.5) is 8.78 Å². The van der Waals surface area contributed by atoms with Crippen molar-refractivity contribution in [3.8, 4) is 22.3 Å². The van der Waals surface area contributed by atoms with Gasteiger partial charge in [-0.3, -0.25) is 4.79 Å². The number of nitrogens with zero attached hydrogens (tertiary/aromatic N) is 1. The number of hydrogen-bond donors (Lipinski definition) is 3. The van der Waals surface area contributed by atoms with Gasteiger partial charge in [0.05, 0.1) is 5.56 Å². The van der Waals surface area contributed by atoms with Crippen LogP contribution in [0.2, 0.25) is 5.02 Å². The maximum Gasteiger partial charge on any atom is 0.201 e. The number of nitrogens with one attached hydrogen (secondary N) is 2. The van der Waals surface area contributed by atoms with Crippen molar-refractivity contribution in [2.75, 3.05) is 0 Å². The van der Waals surface area contributed by atoms with Gasteiger partial charge in [0.15, 0.2) is 0 Å². The standard InChI is InChI=1S/C27H18ClF2N3O3S/c28-18-7-5-15(6-8-18)17-11-21-22(14-32-27(21)31-12-17)26(34)24-23(29)10-9-20(25(24)30)19-4-2-1-3-16(19)13-33-37(35)36/h1-12,14,37H,13H2,(H,31,32)(H,33,35,36). The second kappa shape index (κ2) is 10.2. The summed E-state index contributed by atoms with van der Waals surface area (Å²) in [5.41, 5.74) is 2.02. The highest BCUT2D eigenvalue weighted by molar-refractivity contribution is 7.70. The summed E-state index contributed by atoms with van der Waals surface area (Å²) >= 11 is 5.97. The van der Waals surface area contributed by atoms with Crippen LogP contribution in [0.1, 0.15) is 21.5 Å². The van der Waals surface area contributed by atoms with Gasteiger partial charge in [-0.2, -0.15) is 0 Å². The van der Waals surface area contributed by atoms with Gasteiger partial charge in [0.25, 0.3) is 0 Å². The van der Waals surface area contributed by atoms with Crippen LogP contribution in [-0.4, -0.2) is 24.2 Å². The first kappa shape index (κ1) is 24.8.